The molecule has 1 aliphatic rings. The lowest BCUT2D eigenvalue weighted by Crippen LogP contribution is -2.67. The summed E-state index contributed by atoms with van der Waals surface area (Å²) in [5, 5.41) is 7.67. The Labute approximate surface area is 219 Å². The molecule has 1 heterocycles. The molecule has 1 fully saturated rings. The molecule has 1 aromatic heterocycles. The quantitative estimate of drug-likeness (QED) is 0.293. The molecule has 0 radical (unpaired) electrons. The van der Waals surface area contributed by atoms with Crippen LogP contribution in [0.2, 0.25) is 5.04 Å². The summed E-state index contributed by atoms with van der Waals surface area (Å²) in [6, 6.07) is 21.9. The van der Waals surface area contributed by atoms with E-state index < -0.39 is 8.32 Å². The van der Waals surface area contributed by atoms with Crippen LogP contribution in [0.1, 0.15) is 72.4 Å². The zero-order valence-corrected chi connectivity index (χ0v) is 24.5. The van der Waals surface area contributed by atoms with Crippen molar-refractivity contribution in [2.75, 3.05) is 5.73 Å². The van der Waals surface area contributed by atoms with Crippen molar-refractivity contribution in [1.29, 1.82) is 0 Å². The molecule has 0 saturated heterocycles. The van der Waals surface area contributed by atoms with Crippen LogP contribution in [0.4, 0.5) is 5.82 Å². The summed E-state index contributed by atoms with van der Waals surface area (Å²) in [5.74, 6) is 1.15. The van der Waals surface area contributed by atoms with Crippen molar-refractivity contribution in [2.45, 2.75) is 83.4 Å². The largest absolute Gasteiger partial charge is 0.404 e. The highest BCUT2D eigenvalue weighted by atomic mass is 127. The fraction of sp³-hybridized carbons (Fsp3) is 0.464. The van der Waals surface area contributed by atoms with E-state index in [-0.39, 0.29) is 16.7 Å². The smallest absolute Gasteiger partial charge is 0.261 e. The molecule has 4 rings (SSSR count). The molecule has 6 heteroatoms. The first-order valence-corrected chi connectivity index (χ1v) is 15.3. The minimum Gasteiger partial charge on any atom is -0.404 e. The number of nitrogen functional groups attached to an aromatic ring is 1. The standard InChI is InChI=1S/C28H38IN3OSi/c1-27(2,3)32-26(30)24(29)25(31-32)20-17-18-21(19-20)33-34(28(4,5)6,22-13-9-7-10-14-22)23-15-11-8-12-16-23/h7-16,20-21H,17-19,30H2,1-6H3/t20?,21-/m1/s1. The third kappa shape index (κ3) is 4.61. The molecule has 0 bridgehead atoms. The van der Waals surface area contributed by atoms with Gasteiger partial charge in [-0.05, 0) is 78.0 Å². The Morgan fingerprint density at radius 1 is 0.912 bits per heavy atom. The van der Waals surface area contributed by atoms with E-state index in [9.17, 15) is 0 Å². The van der Waals surface area contributed by atoms with Crippen LogP contribution in [0.5, 0.6) is 0 Å². The number of rotatable bonds is 5. The van der Waals surface area contributed by atoms with Gasteiger partial charge in [-0.2, -0.15) is 5.10 Å². The highest BCUT2D eigenvalue weighted by Crippen LogP contribution is 2.44. The zero-order valence-electron chi connectivity index (χ0n) is 21.3. The maximum atomic E-state index is 7.40. The number of hydrogen-bond donors (Lipinski definition) is 1. The van der Waals surface area contributed by atoms with E-state index in [1.165, 1.54) is 10.4 Å². The van der Waals surface area contributed by atoms with E-state index in [0.717, 1.165) is 34.3 Å². The topological polar surface area (TPSA) is 53.1 Å². The van der Waals surface area contributed by atoms with E-state index >= 15 is 0 Å². The Kier molecular flexibility index (Phi) is 7.06. The van der Waals surface area contributed by atoms with E-state index in [1.54, 1.807) is 0 Å². The molecule has 2 atom stereocenters. The minimum absolute atomic E-state index is 0.0134. The number of aromatic nitrogens is 2. The van der Waals surface area contributed by atoms with Gasteiger partial charge in [-0.3, -0.25) is 0 Å². The van der Waals surface area contributed by atoms with Gasteiger partial charge in [0, 0.05) is 12.0 Å². The lowest BCUT2D eigenvalue weighted by molar-refractivity contribution is 0.193. The maximum absolute atomic E-state index is 7.40. The van der Waals surface area contributed by atoms with Gasteiger partial charge >= 0.3 is 0 Å². The van der Waals surface area contributed by atoms with Crippen LogP contribution in [0.25, 0.3) is 0 Å². The zero-order chi connectivity index (χ0) is 24.7. The van der Waals surface area contributed by atoms with Crippen LogP contribution >= 0.6 is 22.6 Å². The molecular formula is C28H38IN3OSi. The van der Waals surface area contributed by atoms with Crippen molar-refractivity contribution in [3.05, 3.63) is 69.9 Å². The fourth-order valence-electron chi connectivity index (χ4n) is 5.44. The number of halogens is 1. The van der Waals surface area contributed by atoms with Crippen LogP contribution < -0.4 is 16.1 Å². The van der Waals surface area contributed by atoms with Gasteiger partial charge in [-0.1, -0.05) is 81.4 Å². The highest BCUT2D eigenvalue weighted by molar-refractivity contribution is 14.1. The molecule has 3 aromatic rings. The van der Waals surface area contributed by atoms with Crippen LogP contribution in [0, 0.1) is 3.57 Å². The number of benzene rings is 2. The Bertz CT molecular complexity index is 1080. The highest BCUT2D eigenvalue weighted by Gasteiger charge is 2.52. The SMILES string of the molecule is CC(C)(C)n1nc(C2CC[C@@H](O[Si](c3ccccc3)(c3ccccc3)C(C)(C)C)C2)c(I)c1N. The Morgan fingerprint density at radius 3 is 1.88 bits per heavy atom. The lowest BCUT2D eigenvalue weighted by Gasteiger charge is -2.44. The van der Waals surface area contributed by atoms with Crippen molar-refractivity contribution in [3.8, 4) is 0 Å². The number of anilines is 1. The maximum Gasteiger partial charge on any atom is 0.261 e. The van der Waals surface area contributed by atoms with Crippen molar-refractivity contribution in [1.82, 2.24) is 9.78 Å². The van der Waals surface area contributed by atoms with Gasteiger partial charge < -0.3 is 10.2 Å². The molecule has 4 nitrogen and oxygen atoms in total. The molecular weight excluding hydrogens is 549 g/mol. The summed E-state index contributed by atoms with van der Waals surface area (Å²) in [6.07, 6.45) is 3.32. The second-order valence-electron chi connectivity index (χ2n) is 11.6. The monoisotopic (exact) mass is 587 g/mol. The van der Waals surface area contributed by atoms with E-state index in [2.05, 4.69) is 125 Å². The molecule has 0 aliphatic heterocycles. The summed E-state index contributed by atoms with van der Waals surface area (Å²) in [7, 11) is -2.55. The second kappa shape index (κ2) is 9.43. The second-order valence-corrected chi connectivity index (χ2v) is 16.9. The predicted octanol–water partition coefficient (Wildman–Crippen LogP) is 6.04. The van der Waals surface area contributed by atoms with E-state index in [0.29, 0.717) is 5.92 Å². The van der Waals surface area contributed by atoms with Crippen molar-refractivity contribution < 1.29 is 4.43 Å². The summed E-state index contributed by atoms with van der Waals surface area (Å²) >= 11 is 2.38. The van der Waals surface area contributed by atoms with Gasteiger partial charge in [0.1, 0.15) is 5.82 Å². The van der Waals surface area contributed by atoms with Crippen LogP contribution in [-0.2, 0) is 9.96 Å². The van der Waals surface area contributed by atoms with Gasteiger partial charge in [0.05, 0.1) is 14.8 Å². The van der Waals surface area contributed by atoms with Crippen LogP contribution in [0.3, 0.4) is 0 Å². The average molecular weight is 588 g/mol. The molecule has 1 aliphatic carbocycles. The van der Waals surface area contributed by atoms with Crippen LogP contribution in [-0.4, -0.2) is 24.2 Å². The van der Waals surface area contributed by atoms with Gasteiger partial charge in [0.2, 0.25) is 0 Å². The molecule has 2 N–H and O–H groups in total. The van der Waals surface area contributed by atoms with Crippen molar-refractivity contribution in [3.63, 3.8) is 0 Å². The van der Waals surface area contributed by atoms with Crippen molar-refractivity contribution >= 4 is 47.1 Å². The van der Waals surface area contributed by atoms with Gasteiger partial charge in [0.15, 0.2) is 0 Å². The van der Waals surface area contributed by atoms with Gasteiger partial charge in [-0.25, -0.2) is 4.68 Å². The first-order valence-electron chi connectivity index (χ1n) is 12.3. The third-order valence-corrected chi connectivity index (χ3v) is 13.2. The Hall–Kier alpha value is -1.64. The fourth-order valence-corrected chi connectivity index (χ4v) is 10.9. The Balaban J connectivity index is 1.70. The Morgan fingerprint density at radius 2 is 1.44 bits per heavy atom. The van der Waals surface area contributed by atoms with Crippen molar-refractivity contribution in [2.24, 2.45) is 0 Å². The number of nitrogens with two attached hydrogens (primary N) is 1. The molecule has 1 unspecified atom stereocenters. The molecule has 34 heavy (non-hydrogen) atoms. The van der Waals surface area contributed by atoms with Gasteiger partial charge in [-0.15, -0.1) is 0 Å². The molecule has 0 spiro atoms. The van der Waals surface area contributed by atoms with Gasteiger partial charge in [0.25, 0.3) is 8.32 Å². The molecule has 2 aromatic carbocycles. The molecule has 182 valence electrons. The molecule has 1 saturated carbocycles. The number of nitrogens with zero attached hydrogens (tertiary/aromatic N) is 2. The minimum atomic E-state index is -2.55. The van der Waals surface area contributed by atoms with Crippen LogP contribution in [0.15, 0.2) is 60.7 Å². The first-order chi connectivity index (χ1) is 15.9. The summed E-state index contributed by atoms with van der Waals surface area (Å²) in [4.78, 5) is 0. The lowest BCUT2D eigenvalue weighted by atomic mass is 10.0. The molecule has 0 amide bonds. The van der Waals surface area contributed by atoms with E-state index in [1.807, 2.05) is 4.68 Å². The predicted molar refractivity (Wildman–Crippen MR) is 153 cm³/mol. The summed E-state index contributed by atoms with van der Waals surface area (Å²) in [6.45, 7) is 13.5. The first kappa shape index (κ1) is 25.4. The summed E-state index contributed by atoms with van der Waals surface area (Å²) < 4.78 is 10.5. The average Bonchev–Trinajstić information content (AvgIpc) is 3.36. The van der Waals surface area contributed by atoms with E-state index in [4.69, 9.17) is 15.3 Å². The number of hydrogen-bond acceptors (Lipinski definition) is 3. The summed E-state index contributed by atoms with van der Waals surface area (Å²) in [5.41, 5.74) is 7.48. The third-order valence-electron chi connectivity index (χ3n) is 7.05. The normalized spacial score (nSPS) is 19.5.